The number of nitrogens with zero attached hydrogens (tertiary/aromatic N) is 3. The van der Waals surface area contributed by atoms with Gasteiger partial charge in [-0.25, -0.2) is 9.97 Å². The Balaban J connectivity index is 1.64. The molecular formula is C12H14N4OS. The van der Waals surface area contributed by atoms with Crippen LogP contribution in [0.4, 0.5) is 5.13 Å². The highest BCUT2D eigenvalue weighted by atomic mass is 32.1. The Morgan fingerprint density at radius 3 is 3.00 bits per heavy atom. The van der Waals surface area contributed by atoms with Crippen LogP contribution in [0.2, 0.25) is 0 Å². The zero-order valence-corrected chi connectivity index (χ0v) is 10.9. The van der Waals surface area contributed by atoms with Crippen molar-refractivity contribution < 1.29 is 4.74 Å². The van der Waals surface area contributed by atoms with Crippen molar-refractivity contribution >= 4 is 16.7 Å². The molecule has 0 spiro atoms. The Morgan fingerprint density at radius 1 is 1.44 bits per heavy atom. The summed E-state index contributed by atoms with van der Waals surface area (Å²) >= 11 is 1.43. The number of rotatable bonds is 5. The number of anilines is 1. The summed E-state index contributed by atoms with van der Waals surface area (Å²) in [7, 11) is 1.61. The van der Waals surface area contributed by atoms with Crippen molar-refractivity contribution in [2.75, 3.05) is 12.4 Å². The molecule has 3 rings (SSSR count). The number of aromatic nitrogens is 3. The molecule has 1 aliphatic rings. The molecule has 0 radical (unpaired) electrons. The van der Waals surface area contributed by atoms with Gasteiger partial charge in [0, 0.05) is 36.3 Å². The minimum Gasteiger partial charge on any atom is -0.481 e. The lowest BCUT2D eigenvalue weighted by Crippen LogP contribution is -2.00. The first-order valence-electron chi connectivity index (χ1n) is 5.91. The molecule has 94 valence electrons. The molecule has 0 aliphatic heterocycles. The minimum absolute atomic E-state index is 0.619. The van der Waals surface area contributed by atoms with E-state index in [1.807, 2.05) is 12.1 Å². The Labute approximate surface area is 109 Å². The van der Waals surface area contributed by atoms with Gasteiger partial charge >= 0.3 is 0 Å². The molecule has 1 N–H and O–H groups in total. The van der Waals surface area contributed by atoms with E-state index in [0.29, 0.717) is 18.3 Å². The first-order chi connectivity index (χ1) is 8.83. The first-order valence-corrected chi connectivity index (χ1v) is 6.69. The summed E-state index contributed by atoms with van der Waals surface area (Å²) in [6, 6.07) is 4.46. The Morgan fingerprint density at radius 2 is 2.33 bits per heavy atom. The van der Waals surface area contributed by atoms with Gasteiger partial charge in [0.1, 0.15) is 5.82 Å². The van der Waals surface area contributed by atoms with Crippen LogP contribution in [0.15, 0.2) is 18.3 Å². The van der Waals surface area contributed by atoms with E-state index in [4.69, 9.17) is 4.74 Å². The maximum atomic E-state index is 5.02. The molecule has 1 fully saturated rings. The van der Waals surface area contributed by atoms with Crippen LogP contribution in [-0.4, -0.2) is 27.5 Å². The van der Waals surface area contributed by atoms with Crippen LogP contribution in [0.25, 0.3) is 0 Å². The summed E-state index contributed by atoms with van der Waals surface area (Å²) in [4.78, 5) is 8.63. The molecule has 2 heterocycles. The van der Waals surface area contributed by atoms with Gasteiger partial charge in [0.05, 0.1) is 7.11 Å². The molecule has 6 heteroatoms. The molecule has 0 aromatic carbocycles. The topological polar surface area (TPSA) is 59.9 Å². The summed E-state index contributed by atoms with van der Waals surface area (Å²) < 4.78 is 9.37. The zero-order chi connectivity index (χ0) is 12.4. The standard InChI is InChI=1S/C12H14N4OS/c1-17-11-5-2-8(7-13-11)6-10-15-12(18-16-10)14-9-3-4-9/h2,5,7,9H,3-4,6H2,1H3,(H,14,15,16). The molecular weight excluding hydrogens is 248 g/mol. The smallest absolute Gasteiger partial charge is 0.212 e. The van der Waals surface area contributed by atoms with E-state index >= 15 is 0 Å². The van der Waals surface area contributed by atoms with Crippen molar-refractivity contribution in [1.29, 1.82) is 0 Å². The molecule has 1 saturated carbocycles. The quantitative estimate of drug-likeness (QED) is 0.894. The van der Waals surface area contributed by atoms with Crippen LogP contribution in [-0.2, 0) is 6.42 Å². The number of hydrogen-bond acceptors (Lipinski definition) is 6. The lowest BCUT2D eigenvalue weighted by Gasteiger charge is -2.00. The maximum absolute atomic E-state index is 5.02. The van der Waals surface area contributed by atoms with Crippen LogP contribution < -0.4 is 10.1 Å². The number of methoxy groups -OCH3 is 1. The summed E-state index contributed by atoms with van der Waals surface area (Å²) in [5.41, 5.74) is 1.09. The average Bonchev–Trinajstić information content (AvgIpc) is 3.10. The zero-order valence-electron chi connectivity index (χ0n) is 10.1. The third kappa shape index (κ3) is 2.76. The van der Waals surface area contributed by atoms with Crippen LogP contribution >= 0.6 is 11.5 Å². The van der Waals surface area contributed by atoms with Gasteiger partial charge in [0.15, 0.2) is 0 Å². The largest absolute Gasteiger partial charge is 0.481 e. The predicted octanol–water partition coefficient (Wildman–Crippen LogP) is 2.11. The second-order valence-electron chi connectivity index (χ2n) is 4.32. The summed E-state index contributed by atoms with van der Waals surface area (Å²) in [6.07, 6.45) is 5.00. The molecule has 1 aliphatic carbocycles. The molecule has 5 nitrogen and oxygen atoms in total. The second-order valence-corrected chi connectivity index (χ2v) is 5.07. The lowest BCUT2D eigenvalue weighted by atomic mass is 10.2. The monoisotopic (exact) mass is 262 g/mol. The van der Waals surface area contributed by atoms with Gasteiger partial charge in [0.25, 0.3) is 0 Å². The van der Waals surface area contributed by atoms with Crippen molar-refractivity contribution in [3.8, 4) is 5.88 Å². The summed E-state index contributed by atoms with van der Waals surface area (Å²) in [5.74, 6) is 1.47. The van der Waals surface area contributed by atoms with Gasteiger partial charge in [-0.05, 0) is 18.4 Å². The molecule has 0 amide bonds. The van der Waals surface area contributed by atoms with E-state index in [-0.39, 0.29) is 0 Å². The third-order valence-corrected chi connectivity index (χ3v) is 3.43. The highest BCUT2D eigenvalue weighted by Crippen LogP contribution is 2.25. The summed E-state index contributed by atoms with van der Waals surface area (Å²) in [5, 5.41) is 4.27. The lowest BCUT2D eigenvalue weighted by molar-refractivity contribution is 0.397. The molecule has 2 aromatic rings. The van der Waals surface area contributed by atoms with Crippen molar-refractivity contribution in [2.24, 2.45) is 0 Å². The van der Waals surface area contributed by atoms with Crippen LogP contribution in [0.1, 0.15) is 24.2 Å². The number of pyridine rings is 1. The Bertz CT molecular complexity index is 521. The van der Waals surface area contributed by atoms with Gasteiger partial charge in [-0.1, -0.05) is 6.07 Å². The highest BCUT2D eigenvalue weighted by Gasteiger charge is 2.22. The summed E-state index contributed by atoms with van der Waals surface area (Å²) in [6.45, 7) is 0. The fourth-order valence-electron chi connectivity index (χ4n) is 1.61. The first kappa shape index (κ1) is 11.4. The van der Waals surface area contributed by atoms with Crippen molar-refractivity contribution in [3.63, 3.8) is 0 Å². The van der Waals surface area contributed by atoms with Gasteiger partial charge in [-0.2, -0.15) is 4.37 Å². The van der Waals surface area contributed by atoms with Gasteiger partial charge < -0.3 is 10.1 Å². The number of ether oxygens (including phenoxy) is 1. The second kappa shape index (κ2) is 4.89. The van der Waals surface area contributed by atoms with Crippen molar-refractivity contribution in [3.05, 3.63) is 29.7 Å². The number of hydrogen-bond donors (Lipinski definition) is 1. The molecule has 18 heavy (non-hydrogen) atoms. The Hall–Kier alpha value is -1.69. The van der Waals surface area contributed by atoms with Gasteiger partial charge in [-0.3, -0.25) is 0 Å². The highest BCUT2D eigenvalue weighted by molar-refractivity contribution is 7.09. The van der Waals surface area contributed by atoms with E-state index in [1.54, 1.807) is 13.3 Å². The van der Waals surface area contributed by atoms with E-state index in [1.165, 1.54) is 24.4 Å². The van der Waals surface area contributed by atoms with E-state index in [9.17, 15) is 0 Å². The fourth-order valence-corrected chi connectivity index (χ4v) is 2.27. The molecule has 0 atom stereocenters. The average molecular weight is 262 g/mol. The predicted molar refractivity (Wildman–Crippen MR) is 70.1 cm³/mol. The number of nitrogens with one attached hydrogen (secondary N) is 1. The van der Waals surface area contributed by atoms with Crippen LogP contribution in [0, 0.1) is 0 Å². The van der Waals surface area contributed by atoms with Gasteiger partial charge in [-0.15, -0.1) is 0 Å². The molecule has 0 unspecified atom stereocenters. The van der Waals surface area contributed by atoms with E-state index < -0.39 is 0 Å². The van der Waals surface area contributed by atoms with Crippen molar-refractivity contribution in [1.82, 2.24) is 14.3 Å². The fraction of sp³-hybridized carbons (Fsp3) is 0.417. The molecule has 0 saturated heterocycles. The minimum atomic E-state index is 0.619. The van der Waals surface area contributed by atoms with Crippen LogP contribution in [0.3, 0.4) is 0 Å². The molecule has 2 aromatic heterocycles. The third-order valence-electron chi connectivity index (χ3n) is 2.74. The van der Waals surface area contributed by atoms with Crippen LogP contribution in [0.5, 0.6) is 5.88 Å². The maximum Gasteiger partial charge on any atom is 0.212 e. The van der Waals surface area contributed by atoms with Crippen molar-refractivity contribution in [2.45, 2.75) is 25.3 Å². The normalized spacial score (nSPS) is 14.5. The van der Waals surface area contributed by atoms with E-state index in [2.05, 4.69) is 19.7 Å². The SMILES string of the molecule is COc1ccc(Cc2nsc(NC3CC3)n2)cn1. The molecule has 0 bridgehead atoms. The van der Waals surface area contributed by atoms with E-state index in [0.717, 1.165) is 16.5 Å². The van der Waals surface area contributed by atoms with Gasteiger partial charge in [0.2, 0.25) is 11.0 Å². The Kier molecular flexibility index (Phi) is 3.10.